The quantitative estimate of drug-likeness (QED) is 0.616. The van der Waals surface area contributed by atoms with Crippen molar-refractivity contribution in [3.63, 3.8) is 0 Å². The number of thioether (sulfide) groups is 2. The zero-order valence-corrected chi connectivity index (χ0v) is 16.6. The second-order valence-electron chi connectivity index (χ2n) is 6.34. The normalized spacial score (nSPS) is 16.6. The van der Waals surface area contributed by atoms with Crippen molar-refractivity contribution in [2.45, 2.75) is 28.6 Å². The molecular weight excluding hydrogens is 376 g/mol. The molecule has 0 bridgehead atoms. The first-order valence-corrected chi connectivity index (χ1v) is 10.7. The summed E-state index contributed by atoms with van der Waals surface area (Å²) in [6, 6.07) is 18.1. The summed E-state index contributed by atoms with van der Waals surface area (Å²) in [6.07, 6.45) is 2.66. The monoisotopic (exact) mass is 396 g/mol. The summed E-state index contributed by atoms with van der Waals surface area (Å²) in [7, 11) is 0. The molecule has 3 aromatic rings. The van der Waals surface area contributed by atoms with Crippen LogP contribution < -0.4 is 4.90 Å². The number of anilines is 1. The highest BCUT2D eigenvalue weighted by atomic mass is 32.2. The average molecular weight is 397 g/mol. The number of hydrogen-bond donors (Lipinski definition) is 0. The maximum Gasteiger partial charge on any atom is 0.237 e. The Morgan fingerprint density at radius 2 is 1.96 bits per heavy atom. The van der Waals surface area contributed by atoms with E-state index < -0.39 is 0 Å². The number of hydrogen-bond acceptors (Lipinski definition) is 5. The van der Waals surface area contributed by atoms with Crippen molar-refractivity contribution in [1.29, 1.82) is 0 Å². The van der Waals surface area contributed by atoms with Gasteiger partial charge >= 0.3 is 0 Å². The van der Waals surface area contributed by atoms with E-state index in [-0.39, 0.29) is 5.91 Å². The van der Waals surface area contributed by atoms with E-state index in [9.17, 15) is 4.79 Å². The summed E-state index contributed by atoms with van der Waals surface area (Å²) in [6.45, 7) is 2.96. The number of fused-ring (bicyclic) bond motifs is 1. The number of aromatic nitrogens is 3. The molecule has 0 saturated carbocycles. The van der Waals surface area contributed by atoms with Crippen molar-refractivity contribution >= 4 is 35.1 Å². The number of amides is 1. The number of rotatable bonds is 4. The maximum absolute atomic E-state index is 13.0. The van der Waals surface area contributed by atoms with Crippen molar-refractivity contribution in [3.05, 3.63) is 60.9 Å². The lowest BCUT2D eigenvalue weighted by Gasteiger charge is -2.22. The number of carbonyl (C=O) groups is 1. The summed E-state index contributed by atoms with van der Waals surface area (Å²) >= 11 is 3.27. The van der Waals surface area contributed by atoms with E-state index in [4.69, 9.17) is 0 Å². The first kappa shape index (κ1) is 18.1. The molecule has 0 N–H and O–H groups in total. The van der Waals surface area contributed by atoms with E-state index in [2.05, 4.69) is 23.2 Å². The van der Waals surface area contributed by atoms with Crippen LogP contribution in [0.4, 0.5) is 5.69 Å². The van der Waals surface area contributed by atoms with Gasteiger partial charge in [0.2, 0.25) is 5.91 Å². The minimum atomic E-state index is 0.102. The molecule has 0 spiro atoms. The van der Waals surface area contributed by atoms with Gasteiger partial charge in [-0.25, -0.2) is 0 Å². The van der Waals surface area contributed by atoms with E-state index in [1.165, 1.54) is 16.7 Å². The van der Waals surface area contributed by atoms with Gasteiger partial charge in [-0.2, -0.15) is 0 Å². The molecule has 1 aliphatic heterocycles. The van der Waals surface area contributed by atoms with Crippen molar-refractivity contribution in [2.24, 2.45) is 0 Å². The molecule has 1 unspecified atom stereocenters. The standard InChI is InChI=1S/C20H20N4OS2/c1-15-11-12-23(17-9-5-6-10-18(17)27-15)19(25)13-26-20-22-21-14-24(20)16-7-3-2-4-8-16/h2-10,14-15H,11-13H2,1H3. The Hall–Kier alpha value is -2.25. The van der Waals surface area contributed by atoms with Gasteiger partial charge in [0.05, 0.1) is 11.4 Å². The Labute approximate surface area is 167 Å². The van der Waals surface area contributed by atoms with Crippen LogP contribution in [0.25, 0.3) is 5.69 Å². The number of benzene rings is 2. The Kier molecular flexibility index (Phi) is 5.50. The Balaban J connectivity index is 1.50. The molecule has 0 radical (unpaired) electrons. The van der Waals surface area contributed by atoms with E-state index in [1.807, 2.05) is 69.8 Å². The summed E-state index contributed by atoms with van der Waals surface area (Å²) in [5.74, 6) is 0.434. The van der Waals surface area contributed by atoms with Gasteiger partial charge in [0.25, 0.3) is 0 Å². The first-order chi connectivity index (χ1) is 13.2. The summed E-state index contributed by atoms with van der Waals surface area (Å²) in [5.41, 5.74) is 2.00. The molecule has 1 amide bonds. The van der Waals surface area contributed by atoms with Crippen molar-refractivity contribution in [3.8, 4) is 5.69 Å². The van der Waals surface area contributed by atoms with E-state index in [1.54, 1.807) is 6.33 Å². The summed E-state index contributed by atoms with van der Waals surface area (Å²) in [4.78, 5) is 16.1. The zero-order chi connectivity index (χ0) is 18.6. The molecule has 0 fully saturated rings. The number of nitrogens with zero attached hydrogens (tertiary/aromatic N) is 4. The fraction of sp³-hybridized carbons (Fsp3) is 0.250. The van der Waals surface area contributed by atoms with Crippen LogP contribution in [0.2, 0.25) is 0 Å². The van der Waals surface area contributed by atoms with Gasteiger partial charge in [-0.15, -0.1) is 22.0 Å². The highest BCUT2D eigenvalue weighted by Crippen LogP contribution is 2.37. The average Bonchev–Trinajstić information content (AvgIpc) is 3.10. The molecule has 4 rings (SSSR count). The molecule has 1 aromatic heterocycles. The van der Waals surface area contributed by atoms with Crippen molar-refractivity contribution in [1.82, 2.24) is 14.8 Å². The van der Waals surface area contributed by atoms with Crippen LogP contribution in [0, 0.1) is 0 Å². The lowest BCUT2D eigenvalue weighted by molar-refractivity contribution is -0.116. The number of carbonyl (C=O) groups excluding carboxylic acids is 1. The zero-order valence-electron chi connectivity index (χ0n) is 15.0. The molecule has 2 aromatic carbocycles. The van der Waals surface area contributed by atoms with E-state index in [0.29, 0.717) is 11.0 Å². The molecule has 2 heterocycles. The number of para-hydroxylation sites is 2. The van der Waals surface area contributed by atoms with Crippen LogP contribution in [0.15, 0.2) is 71.0 Å². The van der Waals surface area contributed by atoms with Gasteiger partial charge in [0.1, 0.15) is 6.33 Å². The third kappa shape index (κ3) is 4.04. The minimum absolute atomic E-state index is 0.102. The molecule has 5 nitrogen and oxygen atoms in total. The predicted molar refractivity (Wildman–Crippen MR) is 111 cm³/mol. The van der Waals surface area contributed by atoms with Gasteiger partial charge in [0, 0.05) is 22.4 Å². The Bertz CT molecular complexity index is 928. The fourth-order valence-electron chi connectivity index (χ4n) is 3.04. The maximum atomic E-state index is 13.0. The lowest BCUT2D eigenvalue weighted by atomic mass is 10.2. The molecule has 27 heavy (non-hydrogen) atoms. The smallest absolute Gasteiger partial charge is 0.237 e. The Morgan fingerprint density at radius 3 is 2.81 bits per heavy atom. The topological polar surface area (TPSA) is 51.0 Å². The third-order valence-electron chi connectivity index (χ3n) is 4.42. The molecule has 0 aliphatic carbocycles. The van der Waals surface area contributed by atoms with Crippen LogP contribution in [-0.4, -0.2) is 38.2 Å². The third-order valence-corrected chi connectivity index (χ3v) is 6.59. The molecule has 7 heteroatoms. The Morgan fingerprint density at radius 1 is 1.19 bits per heavy atom. The fourth-order valence-corrected chi connectivity index (χ4v) is 4.96. The van der Waals surface area contributed by atoms with E-state index in [0.717, 1.165) is 29.5 Å². The predicted octanol–water partition coefficient (Wildman–Crippen LogP) is 4.28. The lowest BCUT2D eigenvalue weighted by Crippen LogP contribution is -2.33. The van der Waals surface area contributed by atoms with Crippen LogP contribution in [0.1, 0.15) is 13.3 Å². The summed E-state index contributed by atoms with van der Waals surface area (Å²) in [5, 5.41) is 9.42. The van der Waals surface area contributed by atoms with Gasteiger partial charge in [0.15, 0.2) is 5.16 Å². The van der Waals surface area contributed by atoms with Crippen LogP contribution in [0.5, 0.6) is 0 Å². The summed E-state index contributed by atoms with van der Waals surface area (Å²) < 4.78 is 1.91. The highest BCUT2D eigenvalue weighted by molar-refractivity contribution is 8.00. The molecule has 138 valence electrons. The van der Waals surface area contributed by atoms with Crippen LogP contribution >= 0.6 is 23.5 Å². The highest BCUT2D eigenvalue weighted by Gasteiger charge is 2.24. The largest absolute Gasteiger partial charge is 0.311 e. The van der Waals surface area contributed by atoms with Gasteiger partial charge in [-0.3, -0.25) is 9.36 Å². The van der Waals surface area contributed by atoms with Crippen LogP contribution in [-0.2, 0) is 4.79 Å². The van der Waals surface area contributed by atoms with Crippen LogP contribution in [0.3, 0.4) is 0 Å². The first-order valence-electron chi connectivity index (χ1n) is 8.86. The van der Waals surface area contributed by atoms with Gasteiger partial charge < -0.3 is 4.90 Å². The van der Waals surface area contributed by atoms with Crippen molar-refractivity contribution < 1.29 is 4.79 Å². The van der Waals surface area contributed by atoms with Gasteiger partial charge in [-0.05, 0) is 30.7 Å². The molecular formula is C20H20N4OS2. The molecule has 1 atom stereocenters. The molecule has 0 saturated heterocycles. The second kappa shape index (κ2) is 8.19. The SMILES string of the molecule is CC1CCN(C(=O)CSc2nncn2-c2ccccc2)c2ccccc2S1. The second-order valence-corrected chi connectivity index (χ2v) is 8.76. The van der Waals surface area contributed by atoms with Crippen molar-refractivity contribution in [2.75, 3.05) is 17.2 Å². The van der Waals surface area contributed by atoms with E-state index >= 15 is 0 Å². The molecule has 1 aliphatic rings. The minimum Gasteiger partial charge on any atom is -0.311 e. The van der Waals surface area contributed by atoms with Gasteiger partial charge in [-0.1, -0.05) is 49.0 Å².